The molecule has 0 spiro atoms. The summed E-state index contributed by atoms with van der Waals surface area (Å²) < 4.78 is 0. The molecule has 0 amide bonds. The van der Waals surface area contributed by atoms with Crippen LogP contribution in [-0.2, 0) is 32.9 Å². The first-order chi connectivity index (χ1) is 18.8. The van der Waals surface area contributed by atoms with Gasteiger partial charge in [-0.15, -0.1) is 19.7 Å². The summed E-state index contributed by atoms with van der Waals surface area (Å²) in [5.74, 6) is -2.77. The van der Waals surface area contributed by atoms with Gasteiger partial charge in [-0.3, -0.25) is 0 Å². The number of carbonyl (C=O) groups excluding carboxylic acids is 3. The van der Waals surface area contributed by atoms with Crippen molar-refractivity contribution in [2.24, 2.45) is 0 Å². The van der Waals surface area contributed by atoms with E-state index >= 15 is 0 Å². The Morgan fingerprint density at radius 2 is 0.550 bits per heavy atom. The Labute approximate surface area is 257 Å². The molecule has 0 aromatic heterocycles. The Bertz CT molecular complexity index is 511. The van der Waals surface area contributed by atoms with Crippen molar-refractivity contribution in [2.75, 3.05) is 0 Å². The van der Waals surface area contributed by atoms with Gasteiger partial charge in [0.15, 0.2) is 0 Å². The van der Waals surface area contributed by atoms with Crippen LogP contribution in [0.1, 0.15) is 154 Å². The Morgan fingerprint density at radius 1 is 0.375 bits per heavy atom. The van der Waals surface area contributed by atoms with Crippen LogP contribution in [0.15, 0.2) is 38.0 Å². The van der Waals surface area contributed by atoms with E-state index in [0.29, 0.717) is 0 Å². The molecule has 0 aliphatic carbocycles. The molecule has 0 saturated carbocycles. The second-order valence-electron chi connectivity index (χ2n) is 9.96. The summed E-state index contributed by atoms with van der Waals surface area (Å²) in [4.78, 5) is 30.2. The maximum atomic E-state index is 10.1. The van der Waals surface area contributed by atoms with Crippen LogP contribution in [0.4, 0.5) is 0 Å². The molecule has 0 aromatic carbocycles. The second kappa shape index (κ2) is 41.7. The molecule has 0 rings (SSSR count). The van der Waals surface area contributed by atoms with E-state index in [1.807, 2.05) is 18.2 Å². The molecule has 0 radical (unpaired) electrons. The van der Waals surface area contributed by atoms with Gasteiger partial charge in [0, 0.05) is 17.9 Å². The topological polar surface area (TPSA) is 120 Å². The van der Waals surface area contributed by atoms with Crippen LogP contribution < -0.4 is 15.3 Å². The van der Waals surface area contributed by atoms with Gasteiger partial charge < -0.3 is 29.7 Å². The molecule has 6 nitrogen and oxygen atoms in total. The van der Waals surface area contributed by atoms with E-state index in [1.165, 1.54) is 57.8 Å². The third kappa shape index (κ3) is 56.4. The molecule has 7 heteroatoms. The van der Waals surface area contributed by atoms with Gasteiger partial charge >= 0.3 is 18.6 Å². The van der Waals surface area contributed by atoms with Crippen LogP contribution in [0.2, 0.25) is 0 Å². The zero-order valence-electron chi connectivity index (χ0n) is 25.2. The number of unbranched alkanes of at least 4 members (excludes halogenated alkanes) is 18. The summed E-state index contributed by atoms with van der Waals surface area (Å²) >= 11 is 0. The molecule has 0 bridgehead atoms. The third-order valence-corrected chi connectivity index (χ3v) is 6.12. The van der Waals surface area contributed by atoms with Gasteiger partial charge in [-0.25, -0.2) is 0 Å². The van der Waals surface area contributed by atoms with Crippen molar-refractivity contribution < 1.29 is 48.3 Å². The molecule has 0 unspecified atom stereocenters. The first kappa shape index (κ1) is 45.2. The first-order valence-corrected chi connectivity index (χ1v) is 15.2. The number of rotatable bonds is 27. The van der Waals surface area contributed by atoms with E-state index in [4.69, 9.17) is 0 Å². The predicted molar refractivity (Wildman–Crippen MR) is 156 cm³/mol. The molecule has 40 heavy (non-hydrogen) atoms. The van der Waals surface area contributed by atoms with E-state index in [0.717, 1.165) is 77.0 Å². The number of allylic oxidation sites excluding steroid dienone is 3. The third-order valence-electron chi connectivity index (χ3n) is 6.12. The number of carboxylic acid groups (broad SMARTS) is 3. The van der Waals surface area contributed by atoms with E-state index in [9.17, 15) is 29.7 Å². The number of carbonyl (C=O) groups is 3. The summed E-state index contributed by atoms with van der Waals surface area (Å²) in [6, 6.07) is 0. The summed E-state index contributed by atoms with van der Waals surface area (Å²) in [6.45, 7) is 11.0. The first-order valence-electron chi connectivity index (χ1n) is 15.2. The molecule has 0 N–H and O–H groups in total. The van der Waals surface area contributed by atoms with E-state index in [2.05, 4.69) is 19.7 Å². The van der Waals surface area contributed by atoms with Gasteiger partial charge in [-0.1, -0.05) is 95.3 Å². The van der Waals surface area contributed by atoms with Crippen LogP contribution in [0.3, 0.4) is 0 Å². The minimum Gasteiger partial charge on any atom is -0.550 e. The van der Waals surface area contributed by atoms with E-state index in [1.54, 1.807) is 0 Å². The van der Waals surface area contributed by atoms with Gasteiger partial charge in [0.1, 0.15) is 0 Å². The molecule has 0 aliphatic rings. The van der Waals surface area contributed by atoms with Crippen LogP contribution in [0.25, 0.3) is 0 Å². The zero-order chi connectivity index (χ0) is 29.8. The van der Waals surface area contributed by atoms with Gasteiger partial charge in [-0.05, 0) is 77.0 Å². The van der Waals surface area contributed by atoms with Crippen LogP contribution in [0, 0.1) is 0 Å². The van der Waals surface area contributed by atoms with Crippen LogP contribution in [-0.4, -0.2) is 17.9 Å². The summed E-state index contributed by atoms with van der Waals surface area (Å²) in [7, 11) is 0. The van der Waals surface area contributed by atoms with Crippen molar-refractivity contribution in [3.63, 3.8) is 0 Å². The van der Waals surface area contributed by atoms with Crippen molar-refractivity contribution in [2.45, 2.75) is 154 Å². The fourth-order valence-corrected chi connectivity index (χ4v) is 3.80. The predicted octanol–water partition coefficient (Wildman–Crippen LogP) is 6.13. The van der Waals surface area contributed by atoms with Crippen LogP contribution >= 0.6 is 0 Å². The Morgan fingerprint density at radius 3 is 0.725 bits per heavy atom. The number of aliphatic carboxylic acids is 3. The molecule has 0 aromatic rings. The Balaban J connectivity index is -0.000000240. The fraction of sp³-hybridized carbons (Fsp3) is 0.727. The molecule has 0 saturated heterocycles. The maximum Gasteiger partial charge on any atom is 3.00 e. The minimum atomic E-state index is -0.924. The van der Waals surface area contributed by atoms with Gasteiger partial charge in [0.2, 0.25) is 0 Å². The Kier molecular flexibility index (Phi) is 47.1. The van der Waals surface area contributed by atoms with Crippen molar-refractivity contribution in [1.82, 2.24) is 0 Å². The molecular formula is C33H57O6V. The van der Waals surface area contributed by atoms with Crippen molar-refractivity contribution in [3.8, 4) is 0 Å². The smallest absolute Gasteiger partial charge is 0.550 e. The SMILES string of the molecule is C=CCCCCCCCCC(=O)[O-].C=CCCCCCCCCC(=O)[O-].C=CCCCCCCCCC(=O)[O-].[V+3]. The van der Waals surface area contributed by atoms with E-state index < -0.39 is 17.9 Å². The van der Waals surface area contributed by atoms with Crippen molar-refractivity contribution in [1.29, 1.82) is 0 Å². The average Bonchev–Trinajstić information content (AvgIpc) is 2.89. The zero-order valence-corrected chi connectivity index (χ0v) is 26.6. The largest absolute Gasteiger partial charge is 3.00 e. The molecular weight excluding hydrogens is 543 g/mol. The van der Waals surface area contributed by atoms with Crippen LogP contribution in [0.5, 0.6) is 0 Å². The monoisotopic (exact) mass is 600 g/mol. The fourth-order valence-electron chi connectivity index (χ4n) is 3.80. The van der Waals surface area contributed by atoms with Gasteiger partial charge in [0.05, 0.1) is 0 Å². The average molecular weight is 601 g/mol. The second-order valence-corrected chi connectivity index (χ2v) is 9.96. The van der Waals surface area contributed by atoms with Gasteiger partial charge in [0.25, 0.3) is 0 Å². The van der Waals surface area contributed by atoms with E-state index in [-0.39, 0.29) is 37.8 Å². The minimum absolute atomic E-state index is 0. The number of hydrogen-bond acceptors (Lipinski definition) is 6. The maximum absolute atomic E-state index is 10.1. The van der Waals surface area contributed by atoms with Crippen molar-refractivity contribution >= 4 is 17.9 Å². The van der Waals surface area contributed by atoms with Gasteiger partial charge in [-0.2, -0.15) is 0 Å². The molecule has 0 heterocycles. The molecule has 0 aliphatic heterocycles. The molecule has 230 valence electrons. The number of hydrogen-bond donors (Lipinski definition) is 0. The summed E-state index contributed by atoms with van der Waals surface area (Å²) in [5, 5.41) is 30.2. The standard InChI is InChI=1S/3C11H20O2.V/c3*1-2-3-4-5-6-7-8-9-10-11(12)13;/h3*2H,1,3-10H2,(H,12,13);/q;;;+3/p-3. The quantitative estimate of drug-likeness (QED) is 0.0827. The normalized spacial score (nSPS) is 9.60. The summed E-state index contributed by atoms with van der Waals surface area (Å²) in [6.07, 6.45) is 29.5. The Hall–Kier alpha value is -1.79. The molecule has 0 fully saturated rings. The van der Waals surface area contributed by atoms with Crippen molar-refractivity contribution in [3.05, 3.63) is 38.0 Å². The summed E-state index contributed by atoms with van der Waals surface area (Å²) in [5.41, 5.74) is 0. The number of carboxylic acids is 3. The molecule has 0 atom stereocenters.